The number of ether oxygens (including phenoxy) is 1. The first-order valence-corrected chi connectivity index (χ1v) is 11.1. The minimum Gasteiger partial charge on any atom is -0.478 e. The lowest BCUT2D eigenvalue weighted by Gasteiger charge is -2.19. The van der Waals surface area contributed by atoms with Crippen LogP contribution in [0.1, 0.15) is 46.3 Å². The number of carbonyl (C=O) groups excluding carboxylic acids is 2. The zero-order valence-electron chi connectivity index (χ0n) is 19.0. The maximum absolute atomic E-state index is 12.7. The quantitative estimate of drug-likeness (QED) is 0.465. The number of rotatable bonds is 7. The van der Waals surface area contributed by atoms with Gasteiger partial charge in [0.15, 0.2) is 0 Å². The molecule has 1 aliphatic rings. The number of carboxylic acids is 1. The lowest BCUT2D eigenvalue weighted by atomic mass is 9.98. The molecule has 0 heterocycles. The van der Waals surface area contributed by atoms with Gasteiger partial charge in [0, 0.05) is 11.6 Å². The van der Waals surface area contributed by atoms with Crippen molar-refractivity contribution in [3.05, 3.63) is 89.0 Å². The molecule has 34 heavy (non-hydrogen) atoms. The first kappa shape index (κ1) is 23.0. The average Bonchev–Trinajstić information content (AvgIpc) is 3.16. The van der Waals surface area contributed by atoms with Crippen molar-refractivity contribution >= 4 is 23.7 Å². The van der Waals surface area contributed by atoms with E-state index in [0.29, 0.717) is 17.7 Å². The van der Waals surface area contributed by atoms with E-state index in [4.69, 9.17) is 9.84 Å². The molecule has 1 atom stereocenters. The molecule has 3 aromatic rings. The normalized spacial score (nSPS) is 12.9. The van der Waals surface area contributed by atoms with E-state index in [1.165, 1.54) is 18.2 Å². The Morgan fingerprint density at radius 1 is 0.971 bits per heavy atom. The number of carboxylic acid groups (broad SMARTS) is 1. The van der Waals surface area contributed by atoms with Gasteiger partial charge in [-0.05, 0) is 59.4 Å². The van der Waals surface area contributed by atoms with Gasteiger partial charge in [-0.15, -0.1) is 0 Å². The second-order valence-corrected chi connectivity index (χ2v) is 8.25. The second-order valence-electron chi connectivity index (χ2n) is 8.25. The predicted octanol–water partition coefficient (Wildman–Crippen LogP) is 4.95. The third-order valence-corrected chi connectivity index (χ3v) is 6.09. The van der Waals surface area contributed by atoms with Crippen LogP contribution in [-0.2, 0) is 9.53 Å². The number of hydrogen-bond donors (Lipinski definition) is 3. The van der Waals surface area contributed by atoms with Crippen LogP contribution < -0.4 is 10.6 Å². The number of aromatic carboxylic acids is 1. The summed E-state index contributed by atoms with van der Waals surface area (Å²) < 4.78 is 5.54. The van der Waals surface area contributed by atoms with Gasteiger partial charge in [0.25, 0.3) is 0 Å². The third kappa shape index (κ3) is 4.64. The Balaban J connectivity index is 1.39. The number of aryl methyl sites for hydroxylation is 1. The van der Waals surface area contributed by atoms with Crippen LogP contribution in [0.4, 0.5) is 10.5 Å². The highest BCUT2D eigenvalue weighted by Crippen LogP contribution is 2.44. The maximum Gasteiger partial charge on any atom is 0.407 e. The predicted molar refractivity (Wildman–Crippen MR) is 129 cm³/mol. The summed E-state index contributed by atoms with van der Waals surface area (Å²) in [6.07, 6.45) is -0.302. The van der Waals surface area contributed by atoms with Crippen molar-refractivity contribution in [2.24, 2.45) is 0 Å². The van der Waals surface area contributed by atoms with Crippen molar-refractivity contribution in [2.75, 3.05) is 11.9 Å². The van der Waals surface area contributed by atoms with Crippen molar-refractivity contribution in [3.8, 4) is 11.1 Å². The van der Waals surface area contributed by atoms with Crippen molar-refractivity contribution in [1.82, 2.24) is 5.32 Å². The van der Waals surface area contributed by atoms with Crippen LogP contribution in [-0.4, -0.2) is 35.7 Å². The molecular weight excluding hydrogens is 432 g/mol. The van der Waals surface area contributed by atoms with E-state index in [9.17, 15) is 14.4 Å². The number of benzene rings is 3. The molecule has 0 radical (unpaired) electrons. The van der Waals surface area contributed by atoms with Gasteiger partial charge < -0.3 is 20.5 Å². The van der Waals surface area contributed by atoms with Gasteiger partial charge in [-0.25, -0.2) is 9.59 Å². The number of carbonyl (C=O) groups is 3. The van der Waals surface area contributed by atoms with E-state index in [0.717, 1.165) is 22.3 Å². The zero-order chi connectivity index (χ0) is 24.2. The smallest absolute Gasteiger partial charge is 0.407 e. The summed E-state index contributed by atoms with van der Waals surface area (Å²) in [5, 5.41) is 14.5. The van der Waals surface area contributed by atoms with E-state index in [1.807, 2.05) is 36.4 Å². The fourth-order valence-electron chi connectivity index (χ4n) is 4.29. The summed E-state index contributed by atoms with van der Waals surface area (Å²) in [5.74, 6) is -1.51. The first-order valence-electron chi connectivity index (χ1n) is 11.1. The van der Waals surface area contributed by atoms with Crippen LogP contribution in [0.25, 0.3) is 11.1 Å². The minimum atomic E-state index is -1.04. The summed E-state index contributed by atoms with van der Waals surface area (Å²) in [5.41, 5.74) is 5.75. The number of nitrogens with one attached hydrogen (secondary N) is 2. The van der Waals surface area contributed by atoms with Gasteiger partial charge in [-0.1, -0.05) is 55.5 Å². The van der Waals surface area contributed by atoms with E-state index in [2.05, 4.69) is 22.8 Å². The Bertz CT molecular complexity index is 1210. The van der Waals surface area contributed by atoms with Gasteiger partial charge >= 0.3 is 12.1 Å². The molecule has 174 valence electrons. The van der Waals surface area contributed by atoms with Crippen molar-refractivity contribution in [2.45, 2.75) is 32.2 Å². The van der Waals surface area contributed by atoms with E-state index < -0.39 is 24.0 Å². The monoisotopic (exact) mass is 458 g/mol. The van der Waals surface area contributed by atoms with Gasteiger partial charge in [0.1, 0.15) is 12.6 Å². The van der Waals surface area contributed by atoms with E-state index >= 15 is 0 Å². The SMILES string of the molecule is CC[C@H](NC(=O)OCC1c2ccccc2-c2ccccc21)C(=O)Nc1ccc(C(=O)O)cc1C. The fraction of sp³-hybridized carbons (Fsp3) is 0.222. The molecule has 0 saturated heterocycles. The number of amides is 2. The molecule has 1 aliphatic carbocycles. The van der Waals surface area contributed by atoms with Crippen LogP contribution in [0.15, 0.2) is 66.7 Å². The summed E-state index contributed by atoms with van der Waals surface area (Å²) in [6, 6.07) is 19.8. The van der Waals surface area contributed by atoms with Crippen LogP contribution in [0.3, 0.4) is 0 Å². The molecule has 7 heteroatoms. The van der Waals surface area contributed by atoms with Crippen molar-refractivity contribution < 1.29 is 24.2 Å². The summed E-state index contributed by atoms with van der Waals surface area (Å²) >= 11 is 0. The Morgan fingerprint density at radius 3 is 2.15 bits per heavy atom. The lowest BCUT2D eigenvalue weighted by molar-refractivity contribution is -0.118. The molecule has 3 N–H and O–H groups in total. The molecule has 0 fully saturated rings. The highest BCUT2D eigenvalue weighted by atomic mass is 16.5. The zero-order valence-corrected chi connectivity index (χ0v) is 19.0. The highest BCUT2D eigenvalue weighted by Gasteiger charge is 2.29. The van der Waals surface area contributed by atoms with Gasteiger partial charge in [-0.2, -0.15) is 0 Å². The molecule has 0 bridgehead atoms. The van der Waals surface area contributed by atoms with Gasteiger partial charge in [-0.3, -0.25) is 4.79 Å². The number of alkyl carbamates (subject to hydrolysis) is 1. The van der Waals surface area contributed by atoms with Crippen molar-refractivity contribution in [1.29, 1.82) is 0 Å². The average molecular weight is 459 g/mol. The largest absolute Gasteiger partial charge is 0.478 e. The van der Waals surface area contributed by atoms with Gasteiger partial charge in [0.05, 0.1) is 5.56 Å². The maximum atomic E-state index is 12.7. The Labute approximate surface area is 197 Å². The molecule has 0 saturated carbocycles. The van der Waals surface area contributed by atoms with Crippen LogP contribution >= 0.6 is 0 Å². The standard InChI is InChI=1S/C27H26N2O5/c1-3-23(25(30)28-24-13-12-17(26(31)32)14-16(24)2)29-27(33)34-15-22-20-10-6-4-8-18(20)19-9-5-7-11-21(19)22/h4-14,22-23H,3,15H2,1-2H3,(H,28,30)(H,29,33)(H,31,32)/t23-/m0/s1. The number of anilines is 1. The Morgan fingerprint density at radius 2 is 1.59 bits per heavy atom. The minimum absolute atomic E-state index is 0.0672. The molecule has 0 spiro atoms. The third-order valence-electron chi connectivity index (χ3n) is 6.09. The summed E-state index contributed by atoms with van der Waals surface area (Å²) in [4.78, 5) is 36.4. The molecule has 7 nitrogen and oxygen atoms in total. The molecule has 0 unspecified atom stereocenters. The topological polar surface area (TPSA) is 105 Å². The molecule has 0 aliphatic heterocycles. The Hall–Kier alpha value is -4.13. The van der Waals surface area contributed by atoms with E-state index in [1.54, 1.807) is 13.8 Å². The van der Waals surface area contributed by atoms with Crippen LogP contribution in [0, 0.1) is 6.92 Å². The van der Waals surface area contributed by atoms with Crippen LogP contribution in [0.2, 0.25) is 0 Å². The fourth-order valence-corrected chi connectivity index (χ4v) is 4.29. The molecule has 0 aromatic heterocycles. The first-order chi connectivity index (χ1) is 16.4. The van der Waals surface area contributed by atoms with E-state index in [-0.39, 0.29) is 18.1 Å². The van der Waals surface area contributed by atoms with Crippen molar-refractivity contribution in [3.63, 3.8) is 0 Å². The lowest BCUT2D eigenvalue weighted by Crippen LogP contribution is -2.44. The number of hydrogen-bond acceptors (Lipinski definition) is 4. The second kappa shape index (κ2) is 9.79. The molecular formula is C27H26N2O5. The summed E-state index contributed by atoms with van der Waals surface area (Å²) in [6.45, 7) is 3.66. The molecule has 4 rings (SSSR count). The molecule has 3 aromatic carbocycles. The summed E-state index contributed by atoms with van der Waals surface area (Å²) in [7, 11) is 0. The highest BCUT2D eigenvalue weighted by molar-refractivity contribution is 5.98. The number of fused-ring (bicyclic) bond motifs is 3. The molecule has 2 amide bonds. The Kier molecular flexibility index (Phi) is 6.63. The van der Waals surface area contributed by atoms with Crippen LogP contribution in [0.5, 0.6) is 0 Å². The van der Waals surface area contributed by atoms with Gasteiger partial charge in [0.2, 0.25) is 5.91 Å².